The van der Waals surface area contributed by atoms with Crippen LogP contribution in [0.25, 0.3) is 6.08 Å². The molecule has 2 rings (SSSR count). The minimum Gasteiger partial charge on any atom is -0.465 e. The van der Waals surface area contributed by atoms with Crippen LogP contribution >= 0.6 is 22.9 Å². The van der Waals surface area contributed by atoms with E-state index in [-0.39, 0.29) is 5.56 Å². The Kier molecular flexibility index (Phi) is 5.74. The Bertz CT molecular complexity index is 865. The Morgan fingerprint density at radius 2 is 2.17 bits per heavy atom. The number of ether oxygens (including phenoxy) is 1. The van der Waals surface area contributed by atoms with Gasteiger partial charge in [-0.25, -0.2) is 4.79 Å². The maximum atomic E-state index is 12.0. The highest BCUT2D eigenvalue weighted by molar-refractivity contribution is 7.18. The van der Waals surface area contributed by atoms with Gasteiger partial charge in [0.2, 0.25) is 5.91 Å². The lowest BCUT2D eigenvalue weighted by molar-refractivity contribution is -0.111. The average Bonchev–Trinajstić information content (AvgIpc) is 2.87. The molecule has 0 bridgehead atoms. The third-order valence-corrected chi connectivity index (χ3v) is 4.56. The van der Waals surface area contributed by atoms with Gasteiger partial charge in [-0.1, -0.05) is 23.7 Å². The molecular weight excluding hydrogens is 348 g/mol. The van der Waals surface area contributed by atoms with Crippen LogP contribution in [-0.4, -0.2) is 19.0 Å². The Hall–Kier alpha value is -2.62. The van der Waals surface area contributed by atoms with Crippen molar-refractivity contribution >= 4 is 45.9 Å². The normalized spacial score (nSPS) is 10.4. The van der Waals surface area contributed by atoms with Gasteiger partial charge < -0.3 is 10.1 Å². The molecule has 1 N–H and O–H groups in total. The second kappa shape index (κ2) is 7.77. The van der Waals surface area contributed by atoms with Crippen molar-refractivity contribution in [2.45, 2.75) is 6.92 Å². The number of hydrogen-bond acceptors (Lipinski definition) is 5. The van der Waals surface area contributed by atoms with Crippen molar-refractivity contribution in [1.29, 1.82) is 5.26 Å². The number of methoxy groups -OCH3 is 1. The molecule has 7 heteroatoms. The molecule has 24 heavy (non-hydrogen) atoms. The summed E-state index contributed by atoms with van der Waals surface area (Å²) in [6.07, 6.45) is 2.94. The lowest BCUT2D eigenvalue weighted by Gasteiger charge is -1.99. The quantitative estimate of drug-likeness (QED) is 0.659. The highest BCUT2D eigenvalue weighted by Crippen LogP contribution is 2.32. The number of nitrogens with one attached hydrogen (secondary N) is 1. The van der Waals surface area contributed by atoms with E-state index >= 15 is 0 Å². The fourth-order valence-electron chi connectivity index (χ4n) is 1.96. The summed E-state index contributed by atoms with van der Waals surface area (Å²) in [5.41, 5.74) is 1.52. The van der Waals surface area contributed by atoms with Crippen LogP contribution in [0.1, 0.15) is 26.4 Å². The van der Waals surface area contributed by atoms with E-state index < -0.39 is 11.9 Å². The molecule has 0 unspecified atom stereocenters. The smallest absolute Gasteiger partial charge is 0.348 e. The van der Waals surface area contributed by atoms with Gasteiger partial charge in [-0.3, -0.25) is 4.79 Å². The van der Waals surface area contributed by atoms with E-state index in [0.717, 1.165) is 16.9 Å². The van der Waals surface area contributed by atoms with Crippen LogP contribution in [0.5, 0.6) is 0 Å². The van der Waals surface area contributed by atoms with Crippen molar-refractivity contribution in [2.75, 3.05) is 12.4 Å². The Labute approximate surface area is 148 Å². The monoisotopic (exact) mass is 360 g/mol. The zero-order chi connectivity index (χ0) is 17.7. The summed E-state index contributed by atoms with van der Waals surface area (Å²) < 4.78 is 4.67. The fourth-order valence-corrected chi connectivity index (χ4v) is 3.24. The summed E-state index contributed by atoms with van der Waals surface area (Å²) in [5.74, 6) is -0.951. The molecule has 0 fully saturated rings. The van der Waals surface area contributed by atoms with Crippen molar-refractivity contribution in [3.05, 3.63) is 56.9 Å². The van der Waals surface area contributed by atoms with Gasteiger partial charge in [-0.15, -0.1) is 11.3 Å². The van der Waals surface area contributed by atoms with Gasteiger partial charge in [0.05, 0.1) is 12.7 Å². The first-order valence-electron chi connectivity index (χ1n) is 6.82. The number of thiophene rings is 1. The number of benzene rings is 1. The van der Waals surface area contributed by atoms with Gasteiger partial charge in [0.25, 0.3) is 0 Å². The minimum absolute atomic E-state index is 0.255. The molecule has 0 spiro atoms. The highest BCUT2D eigenvalue weighted by atomic mass is 35.5. The van der Waals surface area contributed by atoms with E-state index in [0.29, 0.717) is 20.5 Å². The van der Waals surface area contributed by atoms with Crippen LogP contribution in [-0.2, 0) is 9.53 Å². The number of carbonyl (C=O) groups excluding carboxylic acids is 2. The van der Waals surface area contributed by atoms with Crippen LogP contribution in [0.15, 0.2) is 30.3 Å². The first kappa shape index (κ1) is 17.7. The van der Waals surface area contributed by atoms with E-state index in [9.17, 15) is 14.9 Å². The molecule has 1 aromatic heterocycles. The molecule has 0 aliphatic rings. The van der Waals surface area contributed by atoms with Crippen LogP contribution in [0, 0.1) is 18.3 Å². The number of anilines is 1. The predicted molar refractivity (Wildman–Crippen MR) is 94.2 cm³/mol. The molecule has 0 aliphatic heterocycles. The topological polar surface area (TPSA) is 79.2 Å². The van der Waals surface area contributed by atoms with Crippen LogP contribution in [0.4, 0.5) is 5.00 Å². The molecule has 122 valence electrons. The van der Waals surface area contributed by atoms with Crippen molar-refractivity contribution < 1.29 is 14.3 Å². The summed E-state index contributed by atoms with van der Waals surface area (Å²) in [4.78, 5) is 24.0. The highest BCUT2D eigenvalue weighted by Gasteiger charge is 2.21. The standard InChI is InChI=1S/C17H13ClN2O3S/c1-10-13(9-19)16(24-15(10)17(22)23-2)20-14(21)7-6-11-4-3-5-12(18)8-11/h3-8H,1-2H3,(H,20,21)/b7-6+. The zero-order valence-electron chi connectivity index (χ0n) is 12.9. The molecule has 0 saturated heterocycles. The molecular formula is C17H13ClN2O3S. The van der Waals surface area contributed by atoms with E-state index in [1.165, 1.54) is 13.2 Å². The van der Waals surface area contributed by atoms with Crippen molar-refractivity contribution in [3.8, 4) is 6.07 Å². The van der Waals surface area contributed by atoms with E-state index in [4.69, 9.17) is 11.6 Å². The Balaban J connectivity index is 2.20. The van der Waals surface area contributed by atoms with E-state index in [1.807, 2.05) is 6.07 Å². The number of halogens is 1. The average molecular weight is 361 g/mol. The molecule has 0 atom stereocenters. The second-order valence-electron chi connectivity index (χ2n) is 4.74. The minimum atomic E-state index is -0.538. The molecule has 0 saturated carbocycles. The summed E-state index contributed by atoms with van der Waals surface area (Å²) in [6.45, 7) is 1.64. The molecule has 1 aromatic carbocycles. The zero-order valence-corrected chi connectivity index (χ0v) is 14.5. The number of amides is 1. The van der Waals surface area contributed by atoms with Crippen molar-refractivity contribution in [2.24, 2.45) is 0 Å². The fraction of sp³-hybridized carbons (Fsp3) is 0.118. The SMILES string of the molecule is COC(=O)c1sc(NC(=O)/C=C/c2cccc(Cl)c2)c(C#N)c1C. The van der Waals surface area contributed by atoms with Gasteiger partial charge in [0, 0.05) is 11.1 Å². The molecule has 1 heterocycles. The van der Waals surface area contributed by atoms with Gasteiger partial charge in [-0.05, 0) is 36.3 Å². The third kappa shape index (κ3) is 4.02. The van der Waals surface area contributed by atoms with E-state index in [1.54, 1.807) is 37.3 Å². The van der Waals surface area contributed by atoms with Gasteiger partial charge in [0.15, 0.2) is 0 Å². The number of esters is 1. The Morgan fingerprint density at radius 3 is 2.79 bits per heavy atom. The predicted octanol–water partition coefficient (Wildman–Crippen LogP) is 4.02. The molecule has 2 aromatic rings. The number of carbonyl (C=O) groups is 2. The van der Waals surface area contributed by atoms with Crippen LogP contribution < -0.4 is 5.32 Å². The molecule has 0 radical (unpaired) electrons. The number of hydrogen-bond donors (Lipinski definition) is 1. The van der Waals surface area contributed by atoms with Crippen LogP contribution in [0.3, 0.4) is 0 Å². The van der Waals surface area contributed by atoms with E-state index in [2.05, 4.69) is 10.1 Å². The van der Waals surface area contributed by atoms with Crippen molar-refractivity contribution in [1.82, 2.24) is 0 Å². The molecule has 1 amide bonds. The summed E-state index contributed by atoms with van der Waals surface area (Å²) >= 11 is 6.89. The van der Waals surface area contributed by atoms with Crippen LogP contribution in [0.2, 0.25) is 5.02 Å². The lowest BCUT2D eigenvalue weighted by Crippen LogP contribution is -2.07. The number of rotatable bonds is 4. The second-order valence-corrected chi connectivity index (χ2v) is 6.20. The molecule has 0 aliphatic carbocycles. The lowest BCUT2D eigenvalue weighted by atomic mass is 10.2. The largest absolute Gasteiger partial charge is 0.465 e. The van der Waals surface area contributed by atoms with Gasteiger partial charge in [-0.2, -0.15) is 5.26 Å². The Morgan fingerprint density at radius 1 is 1.42 bits per heavy atom. The van der Waals surface area contributed by atoms with Gasteiger partial charge >= 0.3 is 5.97 Å². The maximum absolute atomic E-state index is 12.0. The maximum Gasteiger partial charge on any atom is 0.348 e. The summed E-state index contributed by atoms with van der Waals surface area (Å²) in [6, 6.07) is 9.04. The molecule has 5 nitrogen and oxygen atoms in total. The first-order valence-corrected chi connectivity index (χ1v) is 8.02. The third-order valence-electron chi connectivity index (χ3n) is 3.14. The first-order chi connectivity index (χ1) is 11.5. The number of nitrogens with zero attached hydrogens (tertiary/aromatic N) is 1. The summed E-state index contributed by atoms with van der Waals surface area (Å²) in [7, 11) is 1.26. The van der Waals surface area contributed by atoms with Gasteiger partial charge in [0.1, 0.15) is 15.9 Å². The van der Waals surface area contributed by atoms with Crippen molar-refractivity contribution in [3.63, 3.8) is 0 Å². The summed E-state index contributed by atoms with van der Waals surface area (Å²) in [5, 5.41) is 12.7. The number of nitriles is 1.